The number of alkyl halides is 3. The van der Waals surface area contributed by atoms with Gasteiger partial charge >= 0.3 is 6.18 Å². The fourth-order valence-corrected chi connectivity index (χ4v) is 2.91. The van der Waals surface area contributed by atoms with Crippen LogP contribution in [0.1, 0.15) is 12.0 Å². The molecule has 1 amide bonds. The van der Waals surface area contributed by atoms with Crippen LogP contribution in [0.3, 0.4) is 0 Å². The van der Waals surface area contributed by atoms with Crippen LogP contribution in [-0.4, -0.2) is 54.5 Å². The van der Waals surface area contributed by atoms with Crippen LogP contribution in [0.25, 0.3) is 0 Å². The van der Waals surface area contributed by atoms with Crippen molar-refractivity contribution in [1.82, 2.24) is 5.01 Å². The number of para-hydroxylation sites is 2. The zero-order chi connectivity index (χ0) is 21.9. The molecule has 2 aromatic carbocycles. The summed E-state index contributed by atoms with van der Waals surface area (Å²) in [6.45, 7) is -0.780. The number of rotatable bonds is 6. The van der Waals surface area contributed by atoms with E-state index in [1.165, 1.54) is 32.4 Å². The van der Waals surface area contributed by atoms with Gasteiger partial charge in [-0.3, -0.25) is 4.79 Å². The van der Waals surface area contributed by atoms with Crippen LogP contribution >= 0.6 is 0 Å². The van der Waals surface area contributed by atoms with Crippen LogP contribution in [0.15, 0.2) is 53.6 Å². The highest BCUT2D eigenvalue weighted by atomic mass is 19.4. The summed E-state index contributed by atoms with van der Waals surface area (Å²) in [6, 6.07) is 12.4. The number of carbonyl (C=O) groups excluding carboxylic acids is 1. The molecule has 0 radical (unpaired) electrons. The number of carbonyl (C=O) groups is 1. The summed E-state index contributed by atoms with van der Waals surface area (Å²) in [5.74, 6) is -0.187. The molecule has 0 bridgehead atoms. The van der Waals surface area contributed by atoms with Crippen molar-refractivity contribution >= 4 is 11.6 Å². The highest BCUT2D eigenvalue weighted by Gasteiger charge is 2.63. The summed E-state index contributed by atoms with van der Waals surface area (Å²) in [6.07, 6.45) is -6.05. The Balaban J connectivity index is 1.85. The topological polar surface area (TPSA) is 80.6 Å². The Morgan fingerprint density at radius 1 is 1.10 bits per heavy atom. The zero-order valence-corrected chi connectivity index (χ0v) is 16.1. The van der Waals surface area contributed by atoms with E-state index in [1.54, 1.807) is 30.3 Å². The van der Waals surface area contributed by atoms with E-state index in [9.17, 15) is 23.1 Å². The van der Waals surface area contributed by atoms with Gasteiger partial charge in [-0.2, -0.15) is 23.3 Å². The smallest absolute Gasteiger partial charge is 0.438 e. The van der Waals surface area contributed by atoms with Gasteiger partial charge < -0.3 is 19.3 Å². The van der Waals surface area contributed by atoms with Crippen molar-refractivity contribution in [2.45, 2.75) is 18.3 Å². The quantitative estimate of drug-likeness (QED) is 0.771. The van der Waals surface area contributed by atoms with Crippen LogP contribution in [0, 0.1) is 0 Å². The first-order chi connectivity index (χ1) is 14.2. The van der Waals surface area contributed by atoms with Crippen LogP contribution < -0.4 is 14.2 Å². The summed E-state index contributed by atoms with van der Waals surface area (Å²) >= 11 is 0. The number of ether oxygens (including phenoxy) is 3. The van der Waals surface area contributed by atoms with Crippen molar-refractivity contribution in [3.63, 3.8) is 0 Å². The molecule has 1 N–H and O–H groups in total. The van der Waals surface area contributed by atoms with E-state index in [-0.39, 0.29) is 16.5 Å². The third-order valence-corrected chi connectivity index (χ3v) is 4.52. The summed E-state index contributed by atoms with van der Waals surface area (Å²) < 4.78 is 56.3. The molecule has 0 unspecified atom stereocenters. The summed E-state index contributed by atoms with van der Waals surface area (Å²) in [7, 11) is 2.84. The number of hydrazone groups is 1. The molecule has 2 aromatic rings. The van der Waals surface area contributed by atoms with Gasteiger partial charge in [-0.25, -0.2) is 0 Å². The van der Waals surface area contributed by atoms with Crippen molar-refractivity contribution in [2.24, 2.45) is 5.10 Å². The fraction of sp³-hybridized carbons (Fsp3) is 0.300. The molecule has 1 heterocycles. The monoisotopic (exact) mass is 424 g/mol. The Morgan fingerprint density at radius 3 is 2.30 bits per heavy atom. The molecule has 3 rings (SSSR count). The van der Waals surface area contributed by atoms with E-state index in [4.69, 9.17) is 14.2 Å². The number of methoxy groups -OCH3 is 2. The van der Waals surface area contributed by atoms with Crippen molar-refractivity contribution in [3.8, 4) is 17.2 Å². The molecule has 0 fully saturated rings. The van der Waals surface area contributed by atoms with Gasteiger partial charge in [0, 0.05) is 0 Å². The largest absolute Gasteiger partial charge is 0.497 e. The number of hydrogen-bond acceptors (Lipinski definition) is 6. The molecular weight excluding hydrogens is 405 g/mol. The Morgan fingerprint density at radius 2 is 1.73 bits per heavy atom. The molecule has 30 heavy (non-hydrogen) atoms. The van der Waals surface area contributed by atoms with Gasteiger partial charge in [0.2, 0.25) is 0 Å². The maximum Gasteiger partial charge on any atom is 0.438 e. The van der Waals surface area contributed by atoms with E-state index in [0.717, 1.165) is 0 Å². The zero-order valence-electron chi connectivity index (χ0n) is 16.1. The second kappa shape index (κ2) is 8.23. The minimum atomic E-state index is -5.13. The fourth-order valence-electron chi connectivity index (χ4n) is 2.91. The van der Waals surface area contributed by atoms with Crippen LogP contribution in [0.2, 0.25) is 0 Å². The number of amides is 1. The average molecular weight is 424 g/mol. The van der Waals surface area contributed by atoms with Crippen molar-refractivity contribution < 1.29 is 37.3 Å². The molecule has 10 heteroatoms. The summed E-state index contributed by atoms with van der Waals surface area (Å²) in [5, 5.41) is 14.1. The average Bonchev–Trinajstić information content (AvgIpc) is 3.11. The molecule has 0 aliphatic carbocycles. The lowest BCUT2D eigenvalue weighted by Crippen LogP contribution is -2.57. The van der Waals surface area contributed by atoms with Gasteiger partial charge in [0.15, 0.2) is 18.1 Å². The van der Waals surface area contributed by atoms with E-state index < -0.39 is 30.8 Å². The molecule has 7 nitrogen and oxygen atoms in total. The molecule has 0 saturated carbocycles. The standard InChI is InChI=1S/C20H19F3N2O5/c1-28-14-9-7-13(8-10-14)15-11-19(27,20(21,22)23)25(24-15)18(26)12-30-17-6-4-3-5-16(17)29-2/h3-10,27H,11-12H2,1-2H3/t19-/m1/s1. The number of aliphatic hydroxyl groups is 1. The molecule has 0 saturated heterocycles. The Hall–Kier alpha value is -3.27. The highest BCUT2D eigenvalue weighted by Crippen LogP contribution is 2.41. The molecular formula is C20H19F3N2O5. The number of benzene rings is 2. The Bertz CT molecular complexity index is 946. The predicted octanol–water partition coefficient (Wildman–Crippen LogP) is 2.97. The Kier molecular flexibility index (Phi) is 5.88. The minimum absolute atomic E-state index is 0.0297. The van der Waals surface area contributed by atoms with Gasteiger partial charge in [0.1, 0.15) is 5.75 Å². The first-order valence-corrected chi connectivity index (χ1v) is 8.79. The van der Waals surface area contributed by atoms with E-state index >= 15 is 0 Å². The van der Waals surface area contributed by atoms with Gasteiger partial charge in [-0.05, 0) is 42.0 Å². The number of hydrogen-bond donors (Lipinski definition) is 1. The normalized spacial score (nSPS) is 18.7. The van der Waals surface area contributed by atoms with Crippen molar-refractivity contribution in [1.29, 1.82) is 0 Å². The molecule has 1 aliphatic heterocycles. The van der Waals surface area contributed by atoms with Crippen LogP contribution in [-0.2, 0) is 4.79 Å². The lowest BCUT2D eigenvalue weighted by atomic mass is 10.0. The lowest BCUT2D eigenvalue weighted by Gasteiger charge is -2.32. The highest BCUT2D eigenvalue weighted by molar-refractivity contribution is 6.03. The van der Waals surface area contributed by atoms with Gasteiger partial charge in [-0.1, -0.05) is 12.1 Å². The third-order valence-electron chi connectivity index (χ3n) is 4.52. The van der Waals surface area contributed by atoms with Crippen molar-refractivity contribution in [3.05, 3.63) is 54.1 Å². The third kappa shape index (κ3) is 4.04. The van der Waals surface area contributed by atoms with Crippen molar-refractivity contribution in [2.75, 3.05) is 20.8 Å². The molecule has 1 atom stereocenters. The van der Waals surface area contributed by atoms with Crippen LogP contribution in [0.4, 0.5) is 13.2 Å². The van der Waals surface area contributed by atoms with Gasteiger partial charge in [0.25, 0.3) is 11.6 Å². The number of halogens is 3. The van der Waals surface area contributed by atoms with E-state index in [0.29, 0.717) is 17.1 Å². The predicted molar refractivity (Wildman–Crippen MR) is 100 cm³/mol. The summed E-state index contributed by atoms with van der Waals surface area (Å²) in [4.78, 5) is 12.5. The van der Waals surface area contributed by atoms with Gasteiger partial charge in [-0.15, -0.1) is 0 Å². The SMILES string of the molecule is COc1ccc(C2=NN(C(=O)COc3ccccc3OC)[C@](O)(C(F)(F)F)C2)cc1. The first-order valence-electron chi connectivity index (χ1n) is 8.79. The maximum absolute atomic E-state index is 13.6. The molecule has 160 valence electrons. The second-order valence-corrected chi connectivity index (χ2v) is 6.41. The second-order valence-electron chi connectivity index (χ2n) is 6.41. The van der Waals surface area contributed by atoms with E-state index in [1.807, 2.05) is 0 Å². The molecule has 0 aromatic heterocycles. The summed E-state index contributed by atoms with van der Waals surface area (Å²) in [5.41, 5.74) is -3.26. The Labute approximate surface area is 170 Å². The minimum Gasteiger partial charge on any atom is -0.497 e. The maximum atomic E-state index is 13.6. The first kappa shape index (κ1) is 21.4. The molecule has 1 aliphatic rings. The lowest BCUT2D eigenvalue weighted by molar-refractivity contribution is -0.302. The van der Waals surface area contributed by atoms with Gasteiger partial charge in [0.05, 0.1) is 26.4 Å². The molecule has 0 spiro atoms. The van der Waals surface area contributed by atoms with Crippen LogP contribution in [0.5, 0.6) is 17.2 Å². The van der Waals surface area contributed by atoms with E-state index in [2.05, 4.69) is 5.10 Å². The number of nitrogens with zero attached hydrogens (tertiary/aromatic N) is 2.